The van der Waals surface area contributed by atoms with E-state index in [1.54, 1.807) is 42.5 Å². The van der Waals surface area contributed by atoms with Gasteiger partial charge >= 0.3 is 16.3 Å². The molecule has 0 aliphatic rings. The number of hydrogen-bond acceptors (Lipinski definition) is 7. The van der Waals surface area contributed by atoms with Crippen LogP contribution in [0.1, 0.15) is 16.9 Å². The summed E-state index contributed by atoms with van der Waals surface area (Å²) >= 11 is 0. The number of para-hydroxylation sites is 1. The molecule has 0 spiro atoms. The average molecular weight is 603 g/mol. The van der Waals surface area contributed by atoms with Crippen molar-refractivity contribution in [2.75, 3.05) is 0 Å². The highest BCUT2D eigenvalue weighted by molar-refractivity contribution is 7.89. The number of alkyl halides is 3. The van der Waals surface area contributed by atoms with Crippen molar-refractivity contribution in [3.8, 4) is 5.75 Å². The minimum absolute atomic E-state index is 0.0262. The molecule has 0 aliphatic heterocycles. The van der Waals surface area contributed by atoms with Crippen molar-refractivity contribution < 1.29 is 38.6 Å². The number of benzene rings is 3. The minimum atomic E-state index is -4.74. The highest BCUT2D eigenvalue weighted by Crippen LogP contribution is 2.32. The molecule has 3 aromatic carbocycles. The van der Waals surface area contributed by atoms with Gasteiger partial charge in [0.25, 0.3) is 0 Å². The van der Waals surface area contributed by atoms with Crippen LogP contribution in [0.3, 0.4) is 0 Å². The molecule has 5 rings (SSSR count). The van der Waals surface area contributed by atoms with Gasteiger partial charge in [0.2, 0.25) is 10.0 Å². The smallest absolute Gasteiger partial charge is 0.416 e. The topological polar surface area (TPSA) is 107 Å². The van der Waals surface area contributed by atoms with Crippen molar-refractivity contribution in [1.29, 1.82) is 0 Å². The SMILES string of the molecule is O=S(=O)(Oc1cccc(CN(Cc2ccco2)S(=O)(=O)c2cccc3cccnc23)c1)c1cccc(C(F)(F)F)c1. The number of halogens is 3. The van der Waals surface area contributed by atoms with Crippen LogP contribution in [-0.2, 0) is 39.4 Å². The molecule has 0 radical (unpaired) electrons. The second kappa shape index (κ2) is 11.0. The standard InChI is InChI=1S/C28H21F3N2O6S2/c29-28(30,31)22-9-3-12-25(17-22)41(36,37)39-23-10-1-6-20(16-23)18-33(19-24-11-5-15-38-24)40(34,35)26-13-2-7-21-8-4-14-32-27(21)26/h1-17H,18-19H2. The Morgan fingerprint density at radius 1 is 0.829 bits per heavy atom. The van der Waals surface area contributed by atoms with E-state index in [9.17, 15) is 30.0 Å². The van der Waals surface area contributed by atoms with Gasteiger partial charge in [0.05, 0.1) is 23.9 Å². The molecule has 0 aliphatic carbocycles. The number of furan rings is 1. The third-order valence-electron chi connectivity index (χ3n) is 6.04. The summed E-state index contributed by atoms with van der Waals surface area (Å²) in [6.45, 7) is -0.362. The first-order valence-corrected chi connectivity index (χ1v) is 14.9. The van der Waals surface area contributed by atoms with Gasteiger partial charge in [-0.1, -0.05) is 36.4 Å². The first-order valence-electron chi connectivity index (χ1n) is 12.0. The zero-order valence-corrected chi connectivity index (χ0v) is 22.7. The highest BCUT2D eigenvalue weighted by Gasteiger charge is 2.32. The van der Waals surface area contributed by atoms with Gasteiger partial charge in [-0.15, -0.1) is 0 Å². The summed E-state index contributed by atoms with van der Waals surface area (Å²) in [7, 11) is -8.80. The Labute approximate surface area is 233 Å². The maximum absolute atomic E-state index is 13.9. The molecule has 0 atom stereocenters. The average Bonchev–Trinajstić information content (AvgIpc) is 3.45. The van der Waals surface area contributed by atoms with Crippen molar-refractivity contribution in [2.45, 2.75) is 29.1 Å². The van der Waals surface area contributed by atoms with Gasteiger partial charge in [-0.2, -0.15) is 25.9 Å². The summed E-state index contributed by atoms with van der Waals surface area (Å²) in [6, 6.07) is 20.3. The van der Waals surface area contributed by atoms with Crippen molar-refractivity contribution in [3.05, 3.63) is 120 Å². The Hall–Kier alpha value is -4.20. The number of fused-ring (bicyclic) bond motifs is 1. The molecule has 5 aromatic rings. The molecule has 2 heterocycles. The number of sulfonamides is 1. The van der Waals surface area contributed by atoms with E-state index in [1.807, 2.05) is 0 Å². The number of hydrogen-bond donors (Lipinski definition) is 0. The lowest BCUT2D eigenvalue weighted by molar-refractivity contribution is -0.137. The summed E-state index contributed by atoms with van der Waals surface area (Å²) in [5.74, 6) is 0.156. The highest BCUT2D eigenvalue weighted by atomic mass is 32.2. The molecule has 0 bridgehead atoms. The van der Waals surface area contributed by atoms with E-state index >= 15 is 0 Å². The van der Waals surface area contributed by atoms with Crippen molar-refractivity contribution in [3.63, 3.8) is 0 Å². The van der Waals surface area contributed by atoms with Gasteiger partial charge in [-0.3, -0.25) is 4.98 Å². The van der Waals surface area contributed by atoms with Crippen LogP contribution in [0.15, 0.2) is 118 Å². The van der Waals surface area contributed by atoms with Crippen LogP contribution >= 0.6 is 0 Å². The van der Waals surface area contributed by atoms with Crippen LogP contribution in [0.2, 0.25) is 0 Å². The summed E-state index contributed by atoms with van der Waals surface area (Å²) in [5.41, 5.74) is -0.508. The fraction of sp³-hybridized carbons (Fsp3) is 0.107. The molecule has 8 nitrogen and oxygen atoms in total. The summed E-state index contributed by atoms with van der Waals surface area (Å²) < 4.78 is 104. The number of nitrogens with zero attached hydrogens (tertiary/aromatic N) is 2. The quantitative estimate of drug-likeness (QED) is 0.190. The third kappa shape index (κ3) is 6.26. The summed E-state index contributed by atoms with van der Waals surface area (Å²) in [4.78, 5) is 3.55. The molecular weight excluding hydrogens is 581 g/mol. The van der Waals surface area contributed by atoms with Gasteiger partial charge < -0.3 is 8.60 Å². The predicted molar refractivity (Wildman–Crippen MR) is 143 cm³/mol. The van der Waals surface area contributed by atoms with E-state index in [-0.39, 0.29) is 29.3 Å². The van der Waals surface area contributed by atoms with Gasteiger partial charge in [0.15, 0.2) is 0 Å². The Morgan fingerprint density at radius 3 is 2.34 bits per heavy atom. The predicted octanol–water partition coefficient (Wildman–Crippen LogP) is 6.01. The Balaban J connectivity index is 1.47. The number of aromatic nitrogens is 1. The van der Waals surface area contributed by atoms with E-state index in [4.69, 9.17) is 8.60 Å². The van der Waals surface area contributed by atoms with Gasteiger partial charge in [0, 0.05) is 18.1 Å². The summed E-state index contributed by atoms with van der Waals surface area (Å²) in [6.07, 6.45) is -1.84. The Morgan fingerprint density at radius 2 is 1.59 bits per heavy atom. The van der Waals surface area contributed by atoms with Crippen LogP contribution in [-0.4, -0.2) is 26.1 Å². The molecule has 0 saturated carbocycles. The zero-order valence-electron chi connectivity index (χ0n) is 21.0. The molecule has 0 amide bonds. The van der Waals surface area contributed by atoms with Crippen LogP contribution in [0.5, 0.6) is 5.75 Å². The molecule has 13 heteroatoms. The van der Waals surface area contributed by atoms with Crippen LogP contribution in [0.4, 0.5) is 13.2 Å². The lowest BCUT2D eigenvalue weighted by Gasteiger charge is -2.22. The van der Waals surface area contributed by atoms with E-state index in [0.29, 0.717) is 22.8 Å². The van der Waals surface area contributed by atoms with E-state index in [2.05, 4.69) is 4.98 Å². The minimum Gasteiger partial charge on any atom is -0.468 e. The zero-order chi connectivity index (χ0) is 29.3. The summed E-state index contributed by atoms with van der Waals surface area (Å²) in [5, 5.41) is 0.627. The van der Waals surface area contributed by atoms with Gasteiger partial charge in [-0.25, -0.2) is 8.42 Å². The van der Waals surface area contributed by atoms with Crippen molar-refractivity contribution in [1.82, 2.24) is 9.29 Å². The first-order chi connectivity index (χ1) is 19.4. The molecular formula is C28H21F3N2O6S2. The van der Waals surface area contributed by atoms with Crippen LogP contribution in [0, 0.1) is 0 Å². The van der Waals surface area contributed by atoms with E-state index in [0.717, 1.165) is 22.5 Å². The third-order valence-corrected chi connectivity index (χ3v) is 9.11. The Kier molecular flexibility index (Phi) is 7.60. The molecule has 0 fully saturated rings. The second-order valence-electron chi connectivity index (χ2n) is 8.89. The molecule has 41 heavy (non-hydrogen) atoms. The number of rotatable bonds is 9. The largest absolute Gasteiger partial charge is 0.468 e. The second-order valence-corrected chi connectivity index (χ2v) is 12.3. The molecule has 212 valence electrons. The van der Waals surface area contributed by atoms with Crippen LogP contribution < -0.4 is 4.18 Å². The Bertz CT molecular complexity index is 1900. The fourth-order valence-corrected chi connectivity index (χ4v) is 6.66. The lowest BCUT2D eigenvalue weighted by atomic mass is 10.2. The van der Waals surface area contributed by atoms with E-state index < -0.39 is 36.8 Å². The molecule has 0 N–H and O–H groups in total. The molecule has 0 saturated heterocycles. The maximum Gasteiger partial charge on any atom is 0.416 e. The van der Waals surface area contributed by atoms with Gasteiger partial charge in [0.1, 0.15) is 21.3 Å². The molecule has 0 unspecified atom stereocenters. The van der Waals surface area contributed by atoms with Gasteiger partial charge in [-0.05, 0) is 60.2 Å². The fourth-order valence-electron chi connectivity index (χ4n) is 4.13. The normalized spacial score (nSPS) is 12.6. The van der Waals surface area contributed by atoms with E-state index in [1.165, 1.54) is 36.7 Å². The maximum atomic E-state index is 13.9. The number of pyridine rings is 1. The first kappa shape index (κ1) is 28.3. The van der Waals surface area contributed by atoms with Crippen LogP contribution in [0.25, 0.3) is 10.9 Å². The van der Waals surface area contributed by atoms with Crippen molar-refractivity contribution >= 4 is 31.0 Å². The lowest BCUT2D eigenvalue weighted by Crippen LogP contribution is -2.30. The molecule has 2 aromatic heterocycles. The monoisotopic (exact) mass is 602 g/mol. The van der Waals surface area contributed by atoms with Crippen molar-refractivity contribution in [2.24, 2.45) is 0 Å².